The van der Waals surface area contributed by atoms with E-state index in [1.807, 2.05) is 17.0 Å². The van der Waals surface area contributed by atoms with Crippen LogP contribution in [0.3, 0.4) is 0 Å². The van der Waals surface area contributed by atoms with Crippen molar-refractivity contribution >= 4 is 21.6 Å². The van der Waals surface area contributed by atoms with Crippen LogP contribution in [0.25, 0.3) is 0 Å². The molecule has 0 bridgehead atoms. The summed E-state index contributed by atoms with van der Waals surface area (Å²) in [5.74, 6) is 0.0174. The molecule has 2 aromatic rings. The molecule has 1 amide bonds. The first-order valence-corrected chi connectivity index (χ1v) is 11.7. The van der Waals surface area contributed by atoms with Crippen molar-refractivity contribution in [2.24, 2.45) is 0 Å². The summed E-state index contributed by atoms with van der Waals surface area (Å²) in [6.45, 7) is 2.64. The lowest BCUT2D eigenvalue weighted by Gasteiger charge is -2.29. The number of piperidine rings is 1. The Morgan fingerprint density at radius 3 is 2.48 bits per heavy atom. The Labute approximate surface area is 172 Å². The van der Waals surface area contributed by atoms with Crippen molar-refractivity contribution in [3.8, 4) is 0 Å². The third-order valence-corrected chi connectivity index (χ3v) is 7.61. The van der Waals surface area contributed by atoms with Gasteiger partial charge in [-0.25, -0.2) is 8.42 Å². The summed E-state index contributed by atoms with van der Waals surface area (Å²) in [4.78, 5) is 14.8. The predicted octanol–water partition coefficient (Wildman–Crippen LogP) is 2.86. The van der Waals surface area contributed by atoms with Crippen LogP contribution < -0.4 is 5.32 Å². The zero-order chi connectivity index (χ0) is 20.3. The van der Waals surface area contributed by atoms with Crippen LogP contribution in [0.2, 0.25) is 0 Å². The number of nitrogens with zero attached hydrogens (tertiary/aromatic N) is 2. The summed E-state index contributed by atoms with van der Waals surface area (Å²) in [7, 11) is -3.48. The molecule has 7 heteroatoms. The molecule has 0 saturated carbocycles. The van der Waals surface area contributed by atoms with E-state index in [9.17, 15) is 13.2 Å². The van der Waals surface area contributed by atoms with Crippen molar-refractivity contribution in [3.63, 3.8) is 0 Å². The van der Waals surface area contributed by atoms with Gasteiger partial charge < -0.3 is 10.2 Å². The third kappa shape index (κ3) is 4.46. The minimum atomic E-state index is -3.48. The molecule has 0 aliphatic carbocycles. The van der Waals surface area contributed by atoms with Crippen LogP contribution in [0.1, 0.15) is 30.4 Å². The van der Waals surface area contributed by atoms with Crippen LogP contribution in [0, 0.1) is 0 Å². The molecule has 0 radical (unpaired) electrons. The topological polar surface area (TPSA) is 69.7 Å². The Morgan fingerprint density at radius 2 is 1.69 bits per heavy atom. The number of carbonyl (C=O) groups excluding carboxylic acids is 1. The highest BCUT2D eigenvalue weighted by atomic mass is 32.2. The molecule has 2 aromatic carbocycles. The Morgan fingerprint density at radius 1 is 0.931 bits per heavy atom. The minimum absolute atomic E-state index is 0.0174. The zero-order valence-electron chi connectivity index (χ0n) is 16.5. The summed E-state index contributed by atoms with van der Waals surface area (Å²) in [5, 5.41) is 3.11. The molecule has 0 unspecified atom stereocenters. The van der Waals surface area contributed by atoms with Crippen molar-refractivity contribution in [3.05, 3.63) is 59.7 Å². The van der Waals surface area contributed by atoms with Gasteiger partial charge in [0, 0.05) is 31.9 Å². The Hall–Kier alpha value is -2.38. The second kappa shape index (κ2) is 8.55. The molecule has 1 saturated heterocycles. The van der Waals surface area contributed by atoms with Crippen molar-refractivity contribution in [1.82, 2.24) is 9.21 Å². The maximum Gasteiger partial charge on any atom is 0.243 e. The van der Waals surface area contributed by atoms with Crippen molar-refractivity contribution in [1.29, 1.82) is 0 Å². The molecule has 1 fully saturated rings. The summed E-state index contributed by atoms with van der Waals surface area (Å²) in [6, 6.07) is 15.0. The van der Waals surface area contributed by atoms with Gasteiger partial charge >= 0.3 is 0 Å². The Bertz CT molecular complexity index is 984. The van der Waals surface area contributed by atoms with Crippen LogP contribution in [0.4, 0.5) is 5.69 Å². The predicted molar refractivity (Wildman–Crippen MR) is 113 cm³/mol. The molecule has 2 aliphatic rings. The molecule has 2 heterocycles. The van der Waals surface area contributed by atoms with Gasteiger partial charge in [0.25, 0.3) is 0 Å². The van der Waals surface area contributed by atoms with Crippen LogP contribution in [0.15, 0.2) is 53.4 Å². The van der Waals surface area contributed by atoms with E-state index in [4.69, 9.17) is 0 Å². The van der Waals surface area contributed by atoms with Crippen molar-refractivity contribution < 1.29 is 13.2 Å². The normalized spacial score (nSPS) is 17.6. The highest BCUT2D eigenvalue weighted by Gasteiger charge is 2.26. The average Bonchev–Trinajstić information content (AvgIpc) is 2.78. The van der Waals surface area contributed by atoms with Gasteiger partial charge in [-0.2, -0.15) is 4.31 Å². The number of fused-ring (bicyclic) bond motifs is 1. The fourth-order valence-corrected chi connectivity index (χ4v) is 5.58. The fourth-order valence-electron chi connectivity index (χ4n) is 4.02. The molecular formula is C22H27N3O3S. The maximum absolute atomic E-state index is 12.9. The lowest BCUT2D eigenvalue weighted by molar-refractivity contribution is -0.130. The van der Waals surface area contributed by atoms with Gasteiger partial charge in [-0.05, 0) is 48.6 Å². The quantitative estimate of drug-likeness (QED) is 0.818. The van der Waals surface area contributed by atoms with Gasteiger partial charge in [0.1, 0.15) is 0 Å². The highest BCUT2D eigenvalue weighted by molar-refractivity contribution is 7.89. The molecule has 29 heavy (non-hydrogen) atoms. The van der Waals surface area contributed by atoms with Gasteiger partial charge in [0.15, 0.2) is 0 Å². The molecule has 154 valence electrons. The van der Waals surface area contributed by atoms with Gasteiger partial charge in [0.2, 0.25) is 15.9 Å². The van der Waals surface area contributed by atoms with Crippen LogP contribution in [-0.2, 0) is 27.8 Å². The first kappa shape index (κ1) is 19.9. The SMILES string of the molecule is O=C(CNc1cccc(S(=O)(=O)N2CCCCC2)c1)N1CCc2ccccc2C1. The molecule has 2 aliphatic heterocycles. The maximum atomic E-state index is 12.9. The number of anilines is 1. The van der Waals surface area contributed by atoms with Gasteiger partial charge in [0.05, 0.1) is 11.4 Å². The summed E-state index contributed by atoms with van der Waals surface area (Å²) in [5.41, 5.74) is 3.15. The summed E-state index contributed by atoms with van der Waals surface area (Å²) in [6.07, 6.45) is 3.76. The van der Waals surface area contributed by atoms with Gasteiger partial charge in [-0.15, -0.1) is 0 Å². The van der Waals surface area contributed by atoms with E-state index in [1.54, 1.807) is 28.6 Å². The molecule has 0 aromatic heterocycles. The number of benzene rings is 2. The Kier molecular flexibility index (Phi) is 5.87. The van der Waals surface area contributed by atoms with E-state index in [0.717, 1.165) is 25.7 Å². The summed E-state index contributed by atoms with van der Waals surface area (Å²) < 4.78 is 27.3. The number of rotatable bonds is 5. The second-order valence-corrected chi connectivity index (χ2v) is 9.62. The first-order chi connectivity index (χ1) is 14.0. The number of hydrogen-bond donors (Lipinski definition) is 1. The smallest absolute Gasteiger partial charge is 0.243 e. The molecule has 4 rings (SSSR count). The monoisotopic (exact) mass is 413 g/mol. The second-order valence-electron chi connectivity index (χ2n) is 7.68. The molecule has 0 atom stereocenters. The van der Waals surface area contributed by atoms with Crippen LogP contribution in [0.5, 0.6) is 0 Å². The third-order valence-electron chi connectivity index (χ3n) is 5.71. The lowest BCUT2D eigenvalue weighted by Crippen LogP contribution is -2.39. The van der Waals surface area contributed by atoms with E-state index in [0.29, 0.717) is 31.9 Å². The average molecular weight is 414 g/mol. The van der Waals surface area contributed by atoms with Gasteiger partial charge in [-0.3, -0.25) is 4.79 Å². The minimum Gasteiger partial charge on any atom is -0.376 e. The van der Waals surface area contributed by atoms with Crippen molar-refractivity contribution in [2.45, 2.75) is 37.1 Å². The van der Waals surface area contributed by atoms with Crippen molar-refractivity contribution in [2.75, 3.05) is 31.5 Å². The van der Waals surface area contributed by atoms with E-state index in [1.165, 1.54) is 11.1 Å². The summed E-state index contributed by atoms with van der Waals surface area (Å²) >= 11 is 0. The first-order valence-electron chi connectivity index (χ1n) is 10.2. The number of nitrogens with one attached hydrogen (secondary N) is 1. The fraction of sp³-hybridized carbons (Fsp3) is 0.409. The van der Waals surface area contributed by atoms with Crippen LogP contribution in [-0.4, -0.2) is 49.7 Å². The standard InChI is InChI=1S/C22H27N3O3S/c26-22(24-14-11-18-7-2-3-8-19(18)17-24)16-23-20-9-6-10-21(15-20)29(27,28)25-12-4-1-5-13-25/h2-3,6-10,15,23H,1,4-5,11-14,16-17H2. The van der Waals surface area contributed by atoms with Crippen LogP contribution >= 0.6 is 0 Å². The zero-order valence-corrected chi connectivity index (χ0v) is 17.3. The highest BCUT2D eigenvalue weighted by Crippen LogP contribution is 2.23. The largest absolute Gasteiger partial charge is 0.376 e. The number of sulfonamides is 1. The van der Waals surface area contributed by atoms with E-state index < -0.39 is 10.0 Å². The van der Waals surface area contributed by atoms with Gasteiger partial charge in [-0.1, -0.05) is 36.8 Å². The number of carbonyl (C=O) groups is 1. The van der Waals surface area contributed by atoms with E-state index in [-0.39, 0.29) is 17.3 Å². The Balaban J connectivity index is 1.39. The molecule has 6 nitrogen and oxygen atoms in total. The van der Waals surface area contributed by atoms with E-state index in [2.05, 4.69) is 17.4 Å². The molecule has 0 spiro atoms. The molecule has 1 N–H and O–H groups in total. The number of hydrogen-bond acceptors (Lipinski definition) is 4. The lowest BCUT2D eigenvalue weighted by atomic mass is 10.00. The molecular weight excluding hydrogens is 386 g/mol. The number of amides is 1. The van der Waals surface area contributed by atoms with E-state index >= 15 is 0 Å².